The van der Waals surface area contributed by atoms with E-state index in [1.807, 2.05) is 61.5 Å². The molecule has 126 valence electrons. The molecule has 0 bridgehead atoms. The molecule has 1 fully saturated rings. The number of esters is 1. The van der Waals surface area contributed by atoms with Gasteiger partial charge in [-0.25, -0.2) is 4.79 Å². The maximum atomic E-state index is 12.4. The molecule has 3 rings (SSSR count). The highest BCUT2D eigenvalue weighted by atomic mass is 16.5. The predicted molar refractivity (Wildman–Crippen MR) is 96.4 cm³/mol. The van der Waals surface area contributed by atoms with Crippen LogP contribution in [0.1, 0.15) is 35.4 Å². The zero-order chi connectivity index (χ0) is 16.8. The van der Waals surface area contributed by atoms with Gasteiger partial charge in [-0.2, -0.15) is 0 Å². The molecule has 2 aromatic rings. The molecule has 0 aliphatic carbocycles. The maximum Gasteiger partial charge on any atom is 0.338 e. The van der Waals surface area contributed by atoms with Crippen LogP contribution in [0.2, 0.25) is 0 Å². The van der Waals surface area contributed by atoms with Crippen LogP contribution < -0.4 is 10.2 Å². The Morgan fingerprint density at radius 2 is 1.75 bits per heavy atom. The van der Waals surface area contributed by atoms with Gasteiger partial charge in [0.1, 0.15) is 6.10 Å². The number of nitrogens with zero attached hydrogens (tertiary/aromatic N) is 1. The Bertz CT molecular complexity index is 649. The molecule has 1 aliphatic heterocycles. The number of ether oxygens (including phenoxy) is 1. The van der Waals surface area contributed by atoms with E-state index < -0.39 is 0 Å². The first-order chi connectivity index (χ1) is 11.8. The van der Waals surface area contributed by atoms with E-state index in [4.69, 9.17) is 4.74 Å². The number of carbonyl (C=O) groups is 1. The first-order valence-corrected chi connectivity index (χ1v) is 8.59. The van der Waals surface area contributed by atoms with Crippen molar-refractivity contribution in [2.75, 3.05) is 31.1 Å². The molecule has 0 amide bonds. The lowest BCUT2D eigenvalue weighted by molar-refractivity contribution is 0.0288. The zero-order valence-corrected chi connectivity index (χ0v) is 14.1. The lowest BCUT2D eigenvalue weighted by Crippen LogP contribution is -2.43. The average Bonchev–Trinajstić information content (AvgIpc) is 2.67. The maximum absolute atomic E-state index is 12.4. The fourth-order valence-electron chi connectivity index (χ4n) is 2.98. The van der Waals surface area contributed by atoms with Crippen LogP contribution in [0.5, 0.6) is 0 Å². The van der Waals surface area contributed by atoms with Crippen molar-refractivity contribution in [3.63, 3.8) is 0 Å². The Morgan fingerprint density at radius 1 is 1.08 bits per heavy atom. The Balaban J connectivity index is 1.66. The second kappa shape index (κ2) is 7.97. The van der Waals surface area contributed by atoms with E-state index in [1.54, 1.807) is 0 Å². The summed E-state index contributed by atoms with van der Waals surface area (Å²) in [6.45, 7) is 6.02. The number of benzene rings is 2. The minimum absolute atomic E-state index is 0.202. The van der Waals surface area contributed by atoms with Crippen molar-refractivity contribution in [1.82, 2.24) is 5.32 Å². The van der Waals surface area contributed by atoms with E-state index in [0.717, 1.165) is 43.9 Å². The molecule has 0 radical (unpaired) electrons. The lowest BCUT2D eigenvalue weighted by Gasteiger charge is -2.29. The van der Waals surface area contributed by atoms with Crippen molar-refractivity contribution >= 4 is 11.7 Å². The molecule has 2 aromatic carbocycles. The Hall–Kier alpha value is -2.33. The molecule has 0 spiro atoms. The summed E-state index contributed by atoms with van der Waals surface area (Å²) < 4.78 is 5.69. The van der Waals surface area contributed by atoms with Crippen molar-refractivity contribution in [2.45, 2.75) is 19.4 Å². The van der Waals surface area contributed by atoms with Gasteiger partial charge in [-0.15, -0.1) is 0 Å². The zero-order valence-electron chi connectivity index (χ0n) is 14.1. The predicted octanol–water partition coefficient (Wildman–Crippen LogP) is 3.40. The van der Waals surface area contributed by atoms with Gasteiger partial charge in [0.05, 0.1) is 5.56 Å². The first kappa shape index (κ1) is 16.5. The average molecular weight is 324 g/mol. The highest BCUT2D eigenvalue weighted by Crippen LogP contribution is 2.23. The summed E-state index contributed by atoms with van der Waals surface area (Å²) in [5.74, 6) is -0.266. The highest BCUT2D eigenvalue weighted by Gasteiger charge is 2.17. The third-order valence-corrected chi connectivity index (χ3v) is 4.38. The standard InChI is InChI=1S/C20H24N2O2/c1-2-19(16-6-4-3-5-7-16)24-20(23)17-8-10-18(11-9-17)22-14-12-21-13-15-22/h3-11,19,21H,2,12-15H2,1H3. The Labute approximate surface area is 143 Å². The third-order valence-electron chi connectivity index (χ3n) is 4.38. The summed E-state index contributed by atoms with van der Waals surface area (Å²) in [6.07, 6.45) is 0.556. The van der Waals surface area contributed by atoms with Crippen molar-refractivity contribution in [2.24, 2.45) is 0 Å². The summed E-state index contributed by atoms with van der Waals surface area (Å²) in [4.78, 5) is 14.8. The van der Waals surface area contributed by atoms with Crippen LogP contribution in [0.4, 0.5) is 5.69 Å². The van der Waals surface area contributed by atoms with Crippen LogP contribution in [0.3, 0.4) is 0 Å². The minimum Gasteiger partial charge on any atom is -0.454 e. The number of nitrogens with one attached hydrogen (secondary N) is 1. The molecule has 1 heterocycles. The van der Waals surface area contributed by atoms with Crippen LogP contribution in [0, 0.1) is 0 Å². The lowest BCUT2D eigenvalue weighted by atomic mass is 10.1. The van der Waals surface area contributed by atoms with Gasteiger partial charge in [0.2, 0.25) is 0 Å². The summed E-state index contributed by atoms with van der Waals surface area (Å²) in [6, 6.07) is 17.6. The normalized spacial score (nSPS) is 15.8. The van der Waals surface area contributed by atoms with E-state index in [9.17, 15) is 4.79 Å². The van der Waals surface area contributed by atoms with Crippen molar-refractivity contribution in [1.29, 1.82) is 0 Å². The van der Waals surface area contributed by atoms with Gasteiger partial charge >= 0.3 is 5.97 Å². The molecule has 0 saturated carbocycles. The van der Waals surface area contributed by atoms with Gasteiger partial charge in [0.15, 0.2) is 0 Å². The smallest absolute Gasteiger partial charge is 0.338 e. The van der Waals surface area contributed by atoms with Crippen LogP contribution in [-0.2, 0) is 4.74 Å². The van der Waals surface area contributed by atoms with E-state index >= 15 is 0 Å². The molecule has 0 aromatic heterocycles. The van der Waals surface area contributed by atoms with Gasteiger partial charge < -0.3 is 15.0 Å². The molecule has 1 aliphatic rings. The molecular formula is C20H24N2O2. The quantitative estimate of drug-likeness (QED) is 0.856. The van der Waals surface area contributed by atoms with E-state index in [2.05, 4.69) is 10.2 Å². The van der Waals surface area contributed by atoms with E-state index in [1.165, 1.54) is 0 Å². The molecule has 1 atom stereocenters. The van der Waals surface area contributed by atoms with Crippen LogP contribution in [0.25, 0.3) is 0 Å². The Kier molecular flexibility index (Phi) is 5.49. The highest BCUT2D eigenvalue weighted by molar-refractivity contribution is 5.90. The molecule has 1 unspecified atom stereocenters. The molecule has 1 N–H and O–H groups in total. The van der Waals surface area contributed by atoms with Gasteiger partial charge in [-0.05, 0) is 36.2 Å². The monoisotopic (exact) mass is 324 g/mol. The third kappa shape index (κ3) is 3.95. The number of hydrogen-bond acceptors (Lipinski definition) is 4. The van der Waals surface area contributed by atoms with Crippen molar-refractivity contribution in [3.05, 3.63) is 65.7 Å². The number of rotatable bonds is 5. The molecule has 24 heavy (non-hydrogen) atoms. The van der Waals surface area contributed by atoms with Crippen LogP contribution in [0.15, 0.2) is 54.6 Å². The fraction of sp³-hybridized carbons (Fsp3) is 0.350. The molecule has 1 saturated heterocycles. The summed E-state index contributed by atoms with van der Waals surface area (Å²) in [5.41, 5.74) is 2.79. The van der Waals surface area contributed by atoms with Gasteiger partial charge in [0.25, 0.3) is 0 Å². The molecule has 4 nitrogen and oxygen atoms in total. The number of piperazine rings is 1. The van der Waals surface area contributed by atoms with E-state index in [-0.39, 0.29) is 12.1 Å². The SMILES string of the molecule is CCC(OC(=O)c1ccc(N2CCNCC2)cc1)c1ccccc1. The first-order valence-electron chi connectivity index (χ1n) is 8.59. The van der Waals surface area contributed by atoms with Gasteiger partial charge in [-0.1, -0.05) is 37.3 Å². The van der Waals surface area contributed by atoms with Crippen molar-refractivity contribution < 1.29 is 9.53 Å². The van der Waals surface area contributed by atoms with Crippen molar-refractivity contribution in [3.8, 4) is 0 Å². The topological polar surface area (TPSA) is 41.6 Å². The summed E-state index contributed by atoms with van der Waals surface area (Å²) >= 11 is 0. The largest absolute Gasteiger partial charge is 0.454 e. The second-order valence-corrected chi connectivity index (χ2v) is 6.00. The molecule has 4 heteroatoms. The summed E-state index contributed by atoms with van der Waals surface area (Å²) in [5, 5.41) is 3.34. The van der Waals surface area contributed by atoms with Crippen LogP contribution in [-0.4, -0.2) is 32.1 Å². The number of hydrogen-bond donors (Lipinski definition) is 1. The Morgan fingerprint density at radius 3 is 2.38 bits per heavy atom. The second-order valence-electron chi connectivity index (χ2n) is 6.00. The summed E-state index contributed by atoms with van der Waals surface area (Å²) in [7, 11) is 0. The molecular weight excluding hydrogens is 300 g/mol. The fourth-order valence-corrected chi connectivity index (χ4v) is 2.98. The number of carbonyl (C=O) groups excluding carboxylic acids is 1. The van der Waals surface area contributed by atoms with Crippen LogP contribution >= 0.6 is 0 Å². The minimum atomic E-state index is -0.266. The van der Waals surface area contributed by atoms with Gasteiger partial charge in [0, 0.05) is 31.9 Å². The van der Waals surface area contributed by atoms with E-state index in [0.29, 0.717) is 5.56 Å². The van der Waals surface area contributed by atoms with Gasteiger partial charge in [-0.3, -0.25) is 0 Å². The number of anilines is 1.